The van der Waals surface area contributed by atoms with Crippen LogP contribution in [0.5, 0.6) is 0 Å². The number of aromatic nitrogens is 4. The molecule has 46 heavy (non-hydrogen) atoms. The second-order valence-electron chi connectivity index (χ2n) is 11.3. The zero-order valence-electron chi connectivity index (χ0n) is 24.8. The van der Waals surface area contributed by atoms with E-state index in [9.17, 15) is 44.3 Å². The Bertz CT molecular complexity index is 1480. The van der Waals surface area contributed by atoms with Crippen LogP contribution in [0.25, 0.3) is 0 Å². The fourth-order valence-electron chi connectivity index (χ4n) is 5.67. The summed E-state index contributed by atoms with van der Waals surface area (Å²) >= 11 is 0. The van der Waals surface area contributed by atoms with Crippen molar-refractivity contribution >= 4 is 17.5 Å². The van der Waals surface area contributed by atoms with Crippen molar-refractivity contribution in [2.24, 2.45) is 24.6 Å². The molecule has 0 atom stereocenters. The van der Waals surface area contributed by atoms with Crippen molar-refractivity contribution in [3.8, 4) is 0 Å². The highest BCUT2D eigenvalue weighted by Crippen LogP contribution is 2.38. The molecular formula is C29H32F9N7O. The van der Waals surface area contributed by atoms with Crippen molar-refractivity contribution in [2.45, 2.75) is 64.2 Å². The number of primary amides is 1. The minimum atomic E-state index is -5.10. The molecule has 2 N–H and O–H groups in total. The van der Waals surface area contributed by atoms with Gasteiger partial charge in [-0.1, -0.05) is 5.10 Å². The number of hydrogen-bond donors (Lipinski definition) is 1. The fourth-order valence-corrected chi connectivity index (χ4v) is 5.67. The quantitative estimate of drug-likeness (QED) is 0.246. The monoisotopic (exact) mass is 665 g/mol. The molecule has 0 aliphatic heterocycles. The largest absolute Gasteiger partial charge is 0.416 e. The predicted octanol–water partition coefficient (Wildman–Crippen LogP) is 6.59. The number of alkyl halides is 9. The van der Waals surface area contributed by atoms with Crippen molar-refractivity contribution in [2.75, 3.05) is 22.9 Å². The molecule has 1 fully saturated rings. The molecule has 8 nitrogen and oxygen atoms in total. The Labute approximate surface area is 258 Å². The molecule has 0 unspecified atom stereocenters. The van der Waals surface area contributed by atoms with E-state index in [4.69, 9.17) is 5.73 Å². The molecule has 0 spiro atoms. The standard InChI is InChI=1S/C29H32F9N7O/c1-3-44(14-17-4-6-19(7-5-17)25(39)46)24-9-8-21(27(30,31)32)12-20(24)16-45(26-40-42-43(2)41-26)15-18-10-22(28(33,34)35)13-23(11-18)29(36,37)38/h8-13,17,19H,3-7,14-16H2,1-2H3,(H2,39,46). The molecule has 2 aromatic carbocycles. The van der Waals surface area contributed by atoms with Gasteiger partial charge in [-0.05, 0) is 91.3 Å². The fraction of sp³-hybridized carbons (Fsp3) is 0.517. The van der Waals surface area contributed by atoms with Crippen molar-refractivity contribution in [3.05, 3.63) is 64.2 Å². The predicted molar refractivity (Wildman–Crippen MR) is 149 cm³/mol. The molecule has 1 aromatic heterocycles. The number of nitrogens with two attached hydrogens (primary N) is 1. The van der Waals surface area contributed by atoms with Gasteiger partial charge in [0.15, 0.2) is 0 Å². The zero-order chi connectivity index (χ0) is 34.0. The maximum atomic E-state index is 13.9. The molecule has 4 rings (SSSR count). The highest BCUT2D eigenvalue weighted by atomic mass is 19.4. The highest BCUT2D eigenvalue weighted by Gasteiger charge is 2.37. The first-order chi connectivity index (χ1) is 21.3. The van der Waals surface area contributed by atoms with Crippen molar-refractivity contribution in [3.63, 3.8) is 0 Å². The molecule has 1 heterocycles. The SMILES string of the molecule is CCN(CC1CCC(C(N)=O)CC1)c1ccc(C(F)(F)F)cc1CN(Cc1cc(C(F)(F)F)cc(C(F)(F)F)c1)c1nnn(C)n1. The van der Waals surface area contributed by atoms with E-state index < -0.39 is 53.9 Å². The van der Waals surface area contributed by atoms with Gasteiger partial charge < -0.3 is 15.5 Å². The number of rotatable bonds is 10. The van der Waals surface area contributed by atoms with Gasteiger partial charge in [0.25, 0.3) is 5.95 Å². The molecule has 1 aliphatic carbocycles. The van der Waals surface area contributed by atoms with Crippen molar-refractivity contribution in [1.29, 1.82) is 0 Å². The van der Waals surface area contributed by atoms with Crippen molar-refractivity contribution in [1.82, 2.24) is 20.2 Å². The van der Waals surface area contributed by atoms with Gasteiger partial charge in [0, 0.05) is 37.8 Å². The van der Waals surface area contributed by atoms with E-state index >= 15 is 0 Å². The van der Waals surface area contributed by atoms with E-state index in [2.05, 4.69) is 15.4 Å². The van der Waals surface area contributed by atoms with E-state index in [1.54, 1.807) is 6.92 Å². The zero-order valence-corrected chi connectivity index (χ0v) is 24.8. The lowest BCUT2D eigenvalue weighted by Crippen LogP contribution is -2.35. The number of carbonyl (C=O) groups is 1. The summed E-state index contributed by atoms with van der Waals surface area (Å²) in [4.78, 5) is 15.6. The third-order valence-corrected chi connectivity index (χ3v) is 8.02. The van der Waals surface area contributed by atoms with Gasteiger partial charge in [-0.3, -0.25) is 4.79 Å². The van der Waals surface area contributed by atoms with Crippen LogP contribution in [-0.2, 0) is 43.5 Å². The topological polar surface area (TPSA) is 93.2 Å². The summed E-state index contributed by atoms with van der Waals surface area (Å²) in [6.07, 6.45) is -12.4. The number of tetrazole rings is 1. The molecule has 3 aromatic rings. The number of amides is 1. The smallest absolute Gasteiger partial charge is 0.371 e. The molecule has 1 amide bonds. The number of aryl methyl sites for hydroxylation is 1. The highest BCUT2D eigenvalue weighted by molar-refractivity contribution is 5.76. The van der Waals surface area contributed by atoms with Crippen LogP contribution in [0.3, 0.4) is 0 Å². The maximum absolute atomic E-state index is 13.9. The summed E-state index contributed by atoms with van der Waals surface area (Å²) in [6, 6.07) is 4.21. The van der Waals surface area contributed by atoms with E-state index in [-0.39, 0.29) is 35.3 Å². The summed E-state index contributed by atoms with van der Waals surface area (Å²) in [5, 5.41) is 11.6. The second-order valence-corrected chi connectivity index (χ2v) is 11.3. The van der Waals surface area contributed by atoms with Gasteiger partial charge in [0.05, 0.1) is 23.7 Å². The normalized spacial score (nSPS) is 17.6. The summed E-state index contributed by atoms with van der Waals surface area (Å²) in [5.74, 6) is -0.731. The molecular weight excluding hydrogens is 633 g/mol. The van der Waals surface area contributed by atoms with E-state index in [0.717, 1.165) is 16.9 Å². The Morgan fingerprint density at radius 3 is 1.91 bits per heavy atom. The van der Waals surface area contributed by atoms with E-state index in [1.165, 1.54) is 18.0 Å². The molecule has 0 radical (unpaired) electrons. The lowest BCUT2D eigenvalue weighted by molar-refractivity contribution is -0.143. The van der Waals surface area contributed by atoms with Crippen LogP contribution in [0.4, 0.5) is 51.1 Å². The molecule has 1 saturated carbocycles. The van der Waals surface area contributed by atoms with Crippen LogP contribution < -0.4 is 15.5 Å². The van der Waals surface area contributed by atoms with Crippen LogP contribution in [0.2, 0.25) is 0 Å². The van der Waals surface area contributed by atoms with Crippen molar-refractivity contribution < 1.29 is 44.3 Å². The van der Waals surface area contributed by atoms with Crippen LogP contribution in [-0.4, -0.2) is 39.2 Å². The molecule has 0 saturated heterocycles. The number of halogens is 9. The molecule has 1 aliphatic rings. The number of hydrogen-bond acceptors (Lipinski definition) is 6. The first-order valence-corrected chi connectivity index (χ1v) is 14.4. The first-order valence-electron chi connectivity index (χ1n) is 14.4. The van der Waals surface area contributed by atoms with E-state index in [1.807, 2.05) is 4.90 Å². The Morgan fingerprint density at radius 2 is 1.43 bits per heavy atom. The van der Waals surface area contributed by atoms with Crippen LogP contribution in [0.1, 0.15) is 60.4 Å². The Balaban J connectivity index is 1.74. The summed E-state index contributed by atoms with van der Waals surface area (Å²) < 4.78 is 123. The summed E-state index contributed by atoms with van der Waals surface area (Å²) in [5.41, 5.74) is 1.45. The van der Waals surface area contributed by atoms with Crippen LogP contribution >= 0.6 is 0 Å². The number of anilines is 2. The summed E-state index contributed by atoms with van der Waals surface area (Å²) in [7, 11) is 1.38. The van der Waals surface area contributed by atoms with Gasteiger partial charge in [0.2, 0.25) is 5.91 Å². The molecule has 0 bridgehead atoms. The van der Waals surface area contributed by atoms with E-state index in [0.29, 0.717) is 56.6 Å². The molecule has 252 valence electrons. The van der Waals surface area contributed by atoms with Crippen LogP contribution in [0.15, 0.2) is 36.4 Å². The minimum absolute atomic E-state index is 0.00461. The van der Waals surface area contributed by atoms with Gasteiger partial charge in [-0.15, -0.1) is 5.10 Å². The minimum Gasteiger partial charge on any atom is -0.371 e. The van der Waals surface area contributed by atoms with Gasteiger partial charge in [-0.25, -0.2) is 0 Å². The Morgan fingerprint density at radius 1 is 0.848 bits per heavy atom. The average molecular weight is 666 g/mol. The average Bonchev–Trinajstić information content (AvgIpc) is 3.40. The van der Waals surface area contributed by atoms with Gasteiger partial charge in [0.1, 0.15) is 0 Å². The summed E-state index contributed by atoms with van der Waals surface area (Å²) in [6.45, 7) is 1.59. The van der Waals surface area contributed by atoms with Gasteiger partial charge in [-0.2, -0.15) is 44.3 Å². The third-order valence-electron chi connectivity index (χ3n) is 8.02. The first kappa shape index (κ1) is 34.8. The number of benzene rings is 2. The molecule has 17 heteroatoms. The Hall–Kier alpha value is -4.05. The second kappa shape index (κ2) is 13.4. The van der Waals surface area contributed by atoms with Gasteiger partial charge >= 0.3 is 18.5 Å². The van der Waals surface area contributed by atoms with Crippen LogP contribution in [0, 0.1) is 11.8 Å². The third kappa shape index (κ3) is 8.60. The maximum Gasteiger partial charge on any atom is 0.416 e. The lowest BCUT2D eigenvalue weighted by Gasteiger charge is -2.34. The lowest BCUT2D eigenvalue weighted by atomic mass is 9.81. The Kier molecular flexibility index (Phi) is 10.1. The number of carbonyl (C=O) groups excluding carboxylic acids is 1. The number of nitrogens with zero attached hydrogens (tertiary/aromatic N) is 6.